The largest absolute Gasteiger partial charge is 0.345 e. The molecule has 0 saturated carbocycles. The highest BCUT2D eigenvalue weighted by atomic mass is 32.1. The van der Waals surface area contributed by atoms with Crippen LogP contribution in [0, 0.1) is 0 Å². The van der Waals surface area contributed by atoms with Gasteiger partial charge in [0, 0.05) is 37.1 Å². The van der Waals surface area contributed by atoms with Gasteiger partial charge in [-0.05, 0) is 13.5 Å². The summed E-state index contributed by atoms with van der Waals surface area (Å²) in [5.74, 6) is 0.970. The van der Waals surface area contributed by atoms with Crippen molar-refractivity contribution in [3.05, 3.63) is 5.82 Å². The molecule has 0 aromatic carbocycles. The van der Waals surface area contributed by atoms with Gasteiger partial charge in [-0.25, -0.2) is 4.98 Å². The third kappa shape index (κ3) is 1.88. The minimum Gasteiger partial charge on any atom is -0.345 e. The van der Waals surface area contributed by atoms with Crippen molar-refractivity contribution in [2.45, 2.75) is 25.8 Å². The standard InChI is InChI=1S/C9H16N4S/c1-3-8-11-9(14-12-8)13-5-4-7(6-13)10-2/h7,10H,3-6H2,1-2H3. The lowest BCUT2D eigenvalue weighted by Crippen LogP contribution is -2.29. The van der Waals surface area contributed by atoms with E-state index in [0.29, 0.717) is 6.04 Å². The molecule has 1 saturated heterocycles. The quantitative estimate of drug-likeness (QED) is 0.808. The number of nitrogens with zero attached hydrogens (tertiary/aromatic N) is 3. The Labute approximate surface area is 88.5 Å². The molecular formula is C9H16N4S. The van der Waals surface area contributed by atoms with Crippen LogP contribution >= 0.6 is 11.5 Å². The fraction of sp³-hybridized carbons (Fsp3) is 0.778. The van der Waals surface area contributed by atoms with Crippen molar-refractivity contribution in [1.29, 1.82) is 0 Å². The van der Waals surface area contributed by atoms with Crippen LogP contribution in [-0.2, 0) is 6.42 Å². The highest BCUT2D eigenvalue weighted by Crippen LogP contribution is 2.22. The smallest absolute Gasteiger partial charge is 0.205 e. The van der Waals surface area contributed by atoms with Gasteiger partial charge in [0.2, 0.25) is 5.13 Å². The third-order valence-electron chi connectivity index (χ3n) is 2.64. The molecular weight excluding hydrogens is 196 g/mol. The van der Waals surface area contributed by atoms with Crippen LogP contribution in [0.4, 0.5) is 5.13 Å². The summed E-state index contributed by atoms with van der Waals surface area (Å²) in [5, 5.41) is 4.38. The fourth-order valence-electron chi connectivity index (χ4n) is 1.69. The Morgan fingerprint density at radius 2 is 2.50 bits per heavy atom. The van der Waals surface area contributed by atoms with E-state index in [1.807, 2.05) is 7.05 Å². The minimum absolute atomic E-state index is 0.615. The minimum atomic E-state index is 0.615. The molecule has 1 N–H and O–H groups in total. The van der Waals surface area contributed by atoms with E-state index in [2.05, 4.69) is 26.5 Å². The van der Waals surface area contributed by atoms with E-state index in [1.165, 1.54) is 18.0 Å². The average molecular weight is 212 g/mol. The third-order valence-corrected chi connectivity index (χ3v) is 3.46. The first-order valence-electron chi connectivity index (χ1n) is 5.08. The van der Waals surface area contributed by atoms with E-state index in [-0.39, 0.29) is 0 Å². The first-order chi connectivity index (χ1) is 6.83. The number of likely N-dealkylation sites (N-methyl/N-ethyl adjacent to an activating group) is 1. The molecule has 0 spiro atoms. The highest BCUT2D eigenvalue weighted by Gasteiger charge is 2.23. The van der Waals surface area contributed by atoms with Gasteiger partial charge in [-0.1, -0.05) is 6.92 Å². The Bertz CT molecular complexity index is 299. The van der Waals surface area contributed by atoms with Crippen LogP contribution in [0.3, 0.4) is 0 Å². The zero-order valence-electron chi connectivity index (χ0n) is 8.66. The van der Waals surface area contributed by atoms with E-state index < -0.39 is 0 Å². The van der Waals surface area contributed by atoms with Gasteiger partial charge in [-0.15, -0.1) is 0 Å². The molecule has 78 valence electrons. The van der Waals surface area contributed by atoms with Crippen LogP contribution in [0.2, 0.25) is 0 Å². The van der Waals surface area contributed by atoms with Gasteiger partial charge in [0.15, 0.2) is 0 Å². The Morgan fingerprint density at radius 1 is 1.64 bits per heavy atom. The summed E-state index contributed by atoms with van der Waals surface area (Å²) in [4.78, 5) is 6.80. The molecule has 1 fully saturated rings. The van der Waals surface area contributed by atoms with Crippen molar-refractivity contribution in [3.63, 3.8) is 0 Å². The number of aromatic nitrogens is 2. The van der Waals surface area contributed by atoms with E-state index in [0.717, 1.165) is 30.5 Å². The normalized spacial score (nSPS) is 21.9. The number of nitrogens with one attached hydrogen (secondary N) is 1. The highest BCUT2D eigenvalue weighted by molar-refractivity contribution is 7.09. The number of hydrogen-bond donors (Lipinski definition) is 1. The van der Waals surface area contributed by atoms with Crippen LogP contribution in [0.25, 0.3) is 0 Å². The van der Waals surface area contributed by atoms with Crippen LogP contribution in [-0.4, -0.2) is 35.5 Å². The number of rotatable bonds is 3. The summed E-state index contributed by atoms with van der Waals surface area (Å²) in [6, 6.07) is 0.615. The Morgan fingerprint density at radius 3 is 3.07 bits per heavy atom. The lowest BCUT2D eigenvalue weighted by Gasteiger charge is -2.13. The summed E-state index contributed by atoms with van der Waals surface area (Å²) in [7, 11) is 2.02. The molecule has 1 aliphatic heterocycles. The first-order valence-corrected chi connectivity index (χ1v) is 5.85. The first kappa shape index (κ1) is 9.86. The molecule has 0 aliphatic carbocycles. The second-order valence-corrected chi connectivity index (χ2v) is 4.30. The van der Waals surface area contributed by atoms with Gasteiger partial charge in [-0.2, -0.15) is 4.37 Å². The van der Waals surface area contributed by atoms with Gasteiger partial charge in [-0.3, -0.25) is 0 Å². The lowest BCUT2D eigenvalue weighted by molar-refractivity contribution is 0.617. The number of anilines is 1. The Kier molecular flexibility index (Phi) is 2.98. The molecule has 1 unspecified atom stereocenters. The zero-order chi connectivity index (χ0) is 9.97. The monoisotopic (exact) mass is 212 g/mol. The maximum absolute atomic E-state index is 4.49. The van der Waals surface area contributed by atoms with Crippen LogP contribution in [0.5, 0.6) is 0 Å². The van der Waals surface area contributed by atoms with Gasteiger partial charge < -0.3 is 10.2 Å². The summed E-state index contributed by atoms with van der Waals surface area (Å²) < 4.78 is 4.30. The molecule has 1 atom stereocenters. The van der Waals surface area contributed by atoms with Crippen molar-refractivity contribution in [2.24, 2.45) is 0 Å². The van der Waals surface area contributed by atoms with Gasteiger partial charge in [0.1, 0.15) is 5.82 Å². The van der Waals surface area contributed by atoms with Crippen LogP contribution < -0.4 is 10.2 Å². The summed E-state index contributed by atoms with van der Waals surface area (Å²) in [5.41, 5.74) is 0. The van der Waals surface area contributed by atoms with Crippen molar-refractivity contribution in [1.82, 2.24) is 14.7 Å². The molecule has 1 aromatic heterocycles. The maximum atomic E-state index is 4.49. The fourth-order valence-corrected chi connectivity index (χ4v) is 2.47. The maximum Gasteiger partial charge on any atom is 0.205 e. The van der Waals surface area contributed by atoms with Crippen molar-refractivity contribution in [3.8, 4) is 0 Å². The van der Waals surface area contributed by atoms with Crippen LogP contribution in [0.1, 0.15) is 19.2 Å². The molecule has 2 heterocycles. The van der Waals surface area contributed by atoms with Gasteiger partial charge in [0.05, 0.1) is 0 Å². The Balaban J connectivity index is 2.02. The predicted molar refractivity (Wildman–Crippen MR) is 59.0 cm³/mol. The van der Waals surface area contributed by atoms with Crippen LogP contribution in [0.15, 0.2) is 0 Å². The lowest BCUT2D eigenvalue weighted by atomic mass is 10.3. The van der Waals surface area contributed by atoms with Gasteiger partial charge >= 0.3 is 0 Å². The second kappa shape index (κ2) is 4.23. The van der Waals surface area contributed by atoms with E-state index >= 15 is 0 Å². The molecule has 2 rings (SSSR count). The summed E-state index contributed by atoms with van der Waals surface area (Å²) in [6.45, 7) is 4.25. The SMILES string of the molecule is CCc1nsc(N2CCC(NC)C2)n1. The van der Waals surface area contributed by atoms with E-state index in [1.54, 1.807) is 0 Å². The summed E-state index contributed by atoms with van der Waals surface area (Å²) >= 11 is 1.52. The zero-order valence-corrected chi connectivity index (χ0v) is 9.47. The van der Waals surface area contributed by atoms with E-state index in [9.17, 15) is 0 Å². The molecule has 0 bridgehead atoms. The number of aryl methyl sites for hydroxylation is 1. The molecule has 1 aliphatic rings. The molecule has 5 heteroatoms. The molecule has 0 amide bonds. The topological polar surface area (TPSA) is 41.1 Å². The molecule has 1 aromatic rings. The summed E-state index contributed by atoms with van der Waals surface area (Å²) in [6.07, 6.45) is 2.14. The average Bonchev–Trinajstić information content (AvgIpc) is 2.86. The van der Waals surface area contributed by atoms with Gasteiger partial charge in [0.25, 0.3) is 0 Å². The molecule has 14 heavy (non-hydrogen) atoms. The second-order valence-electron chi connectivity index (χ2n) is 3.57. The van der Waals surface area contributed by atoms with E-state index in [4.69, 9.17) is 0 Å². The Hall–Kier alpha value is -0.680. The predicted octanol–water partition coefficient (Wildman–Crippen LogP) is 0.899. The van der Waals surface area contributed by atoms with Crippen molar-refractivity contribution in [2.75, 3.05) is 25.0 Å². The number of hydrogen-bond acceptors (Lipinski definition) is 5. The molecule has 0 radical (unpaired) electrons. The van der Waals surface area contributed by atoms with Crippen molar-refractivity contribution >= 4 is 16.7 Å². The molecule has 4 nitrogen and oxygen atoms in total. The van der Waals surface area contributed by atoms with Crippen molar-refractivity contribution < 1.29 is 0 Å².